The molecule has 1 aliphatic rings. The quantitative estimate of drug-likeness (QED) is 0.427. The SMILES string of the molecule is CC(C)=CCCC(C)=CCN1COCN(C)C1=N[N+](=O)[O-]. The first-order valence-electron chi connectivity index (χ1n) is 6.96. The molecular weight excluding hydrogens is 272 g/mol. The number of ether oxygens (including phenoxy) is 1. The summed E-state index contributed by atoms with van der Waals surface area (Å²) in [7, 11) is 1.72. The third-order valence-electron chi connectivity index (χ3n) is 3.08. The molecule has 0 atom stereocenters. The van der Waals surface area contributed by atoms with Gasteiger partial charge in [0.05, 0.1) is 0 Å². The second kappa shape index (κ2) is 8.41. The fraction of sp³-hybridized carbons (Fsp3) is 0.643. The van der Waals surface area contributed by atoms with Crippen molar-refractivity contribution in [3.8, 4) is 0 Å². The van der Waals surface area contributed by atoms with Crippen LogP contribution in [0, 0.1) is 10.1 Å². The highest BCUT2D eigenvalue weighted by Gasteiger charge is 2.23. The Morgan fingerprint density at radius 3 is 2.71 bits per heavy atom. The van der Waals surface area contributed by atoms with E-state index in [-0.39, 0.29) is 0 Å². The van der Waals surface area contributed by atoms with Gasteiger partial charge in [0.2, 0.25) is 0 Å². The van der Waals surface area contributed by atoms with Crippen molar-refractivity contribution in [2.45, 2.75) is 33.6 Å². The average molecular weight is 296 g/mol. The predicted molar refractivity (Wildman–Crippen MR) is 82.1 cm³/mol. The van der Waals surface area contributed by atoms with Crippen LogP contribution in [0.15, 0.2) is 28.4 Å². The molecule has 0 bridgehead atoms. The lowest BCUT2D eigenvalue weighted by atomic mass is 10.1. The first-order chi connectivity index (χ1) is 9.90. The number of nitro groups is 1. The summed E-state index contributed by atoms with van der Waals surface area (Å²) in [6, 6.07) is 0. The van der Waals surface area contributed by atoms with Gasteiger partial charge in [0.1, 0.15) is 18.6 Å². The van der Waals surface area contributed by atoms with Crippen molar-refractivity contribution < 1.29 is 9.77 Å². The van der Waals surface area contributed by atoms with Gasteiger partial charge in [0, 0.05) is 13.6 Å². The molecule has 1 heterocycles. The van der Waals surface area contributed by atoms with Crippen LogP contribution in [0.2, 0.25) is 0 Å². The van der Waals surface area contributed by atoms with E-state index in [1.165, 1.54) is 11.1 Å². The van der Waals surface area contributed by atoms with E-state index in [0.29, 0.717) is 26.0 Å². The fourth-order valence-corrected chi connectivity index (χ4v) is 1.95. The van der Waals surface area contributed by atoms with Gasteiger partial charge in [-0.05, 0) is 33.6 Å². The van der Waals surface area contributed by atoms with E-state index in [1.807, 2.05) is 0 Å². The number of hydrogen-bond donors (Lipinski definition) is 0. The van der Waals surface area contributed by atoms with Gasteiger partial charge in [0.25, 0.3) is 5.96 Å². The van der Waals surface area contributed by atoms with Crippen LogP contribution in [0.4, 0.5) is 0 Å². The maximum atomic E-state index is 10.6. The fourth-order valence-electron chi connectivity index (χ4n) is 1.95. The zero-order valence-corrected chi connectivity index (χ0v) is 13.2. The van der Waals surface area contributed by atoms with E-state index in [1.54, 1.807) is 16.8 Å². The highest BCUT2D eigenvalue weighted by Crippen LogP contribution is 2.10. The standard InChI is InChI=1S/C14H24N4O3/c1-12(2)6-5-7-13(3)8-9-17-11-21-10-16(4)14(17)15-18(19)20/h6,8H,5,7,9-11H2,1-4H3. The van der Waals surface area contributed by atoms with Crippen LogP contribution in [0.25, 0.3) is 0 Å². The van der Waals surface area contributed by atoms with E-state index in [2.05, 4.69) is 38.0 Å². The van der Waals surface area contributed by atoms with Crippen molar-refractivity contribution in [2.75, 3.05) is 27.1 Å². The molecule has 1 rings (SSSR count). The third-order valence-corrected chi connectivity index (χ3v) is 3.08. The van der Waals surface area contributed by atoms with Gasteiger partial charge in [-0.15, -0.1) is 0 Å². The number of rotatable bonds is 6. The molecule has 0 N–H and O–H groups in total. The first kappa shape index (κ1) is 17.2. The van der Waals surface area contributed by atoms with Crippen molar-refractivity contribution in [2.24, 2.45) is 5.10 Å². The zero-order valence-electron chi connectivity index (χ0n) is 13.2. The molecule has 0 aromatic rings. The Bertz CT molecular complexity index is 453. The normalized spacial score (nSPS) is 18.1. The molecule has 1 aliphatic heterocycles. The molecule has 118 valence electrons. The number of allylic oxidation sites excluding steroid dienone is 3. The van der Waals surface area contributed by atoms with Crippen LogP contribution in [-0.2, 0) is 4.74 Å². The van der Waals surface area contributed by atoms with Crippen LogP contribution in [0.3, 0.4) is 0 Å². The van der Waals surface area contributed by atoms with E-state index >= 15 is 0 Å². The smallest absolute Gasteiger partial charge is 0.277 e. The molecule has 0 spiro atoms. The topological polar surface area (TPSA) is 71.2 Å². The number of hydrazone groups is 1. The molecule has 0 radical (unpaired) electrons. The Balaban J connectivity index is 2.62. The minimum absolute atomic E-state index is 0.312. The minimum atomic E-state index is -0.671. The summed E-state index contributed by atoms with van der Waals surface area (Å²) in [6.45, 7) is 7.41. The van der Waals surface area contributed by atoms with Crippen molar-refractivity contribution >= 4 is 5.96 Å². The Morgan fingerprint density at radius 1 is 1.38 bits per heavy atom. The van der Waals surface area contributed by atoms with Gasteiger partial charge < -0.3 is 14.5 Å². The predicted octanol–water partition coefficient (Wildman–Crippen LogP) is 2.41. The summed E-state index contributed by atoms with van der Waals surface area (Å²) < 4.78 is 5.36. The monoisotopic (exact) mass is 296 g/mol. The van der Waals surface area contributed by atoms with Gasteiger partial charge in [-0.25, -0.2) is 10.1 Å². The van der Waals surface area contributed by atoms with Gasteiger partial charge in [0.15, 0.2) is 5.03 Å². The second-order valence-corrected chi connectivity index (χ2v) is 5.39. The summed E-state index contributed by atoms with van der Waals surface area (Å²) in [4.78, 5) is 14.0. The molecule has 1 fully saturated rings. The third kappa shape index (κ3) is 6.40. The van der Waals surface area contributed by atoms with Crippen molar-refractivity contribution in [3.63, 3.8) is 0 Å². The minimum Gasteiger partial charge on any atom is -0.341 e. The molecule has 0 aliphatic carbocycles. The summed E-state index contributed by atoms with van der Waals surface area (Å²) in [5.74, 6) is 0.333. The first-order valence-corrected chi connectivity index (χ1v) is 6.96. The Kier molecular flexibility index (Phi) is 6.87. The Labute approximate surface area is 125 Å². The lowest BCUT2D eigenvalue weighted by Crippen LogP contribution is -2.50. The number of guanidine groups is 1. The van der Waals surface area contributed by atoms with Gasteiger partial charge in [-0.1, -0.05) is 23.3 Å². The molecule has 7 heteroatoms. The van der Waals surface area contributed by atoms with E-state index < -0.39 is 5.03 Å². The summed E-state index contributed by atoms with van der Waals surface area (Å²) in [6.07, 6.45) is 6.26. The molecule has 21 heavy (non-hydrogen) atoms. The van der Waals surface area contributed by atoms with Gasteiger partial charge >= 0.3 is 0 Å². The number of nitrogens with zero attached hydrogens (tertiary/aromatic N) is 4. The molecular formula is C14H24N4O3. The Hall–Kier alpha value is -1.89. The summed E-state index contributed by atoms with van der Waals surface area (Å²) in [5.41, 5.74) is 2.57. The van der Waals surface area contributed by atoms with Crippen molar-refractivity contribution in [1.29, 1.82) is 0 Å². The van der Waals surface area contributed by atoms with Crippen molar-refractivity contribution in [3.05, 3.63) is 33.4 Å². The summed E-state index contributed by atoms with van der Waals surface area (Å²) >= 11 is 0. The lowest BCUT2D eigenvalue weighted by molar-refractivity contribution is -0.486. The van der Waals surface area contributed by atoms with Crippen LogP contribution in [0.1, 0.15) is 33.6 Å². The van der Waals surface area contributed by atoms with E-state index in [0.717, 1.165) is 12.8 Å². The molecule has 0 aromatic carbocycles. The van der Waals surface area contributed by atoms with Gasteiger partial charge in [-0.2, -0.15) is 0 Å². The lowest BCUT2D eigenvalue weighted by Gasteiger charge is -2.34. The van der Waals surface area contributed by atoms with E-state index in [4.69, 9.17) is 4.74 Å². The van der Waals surface area contributed by atoms with Crippen LogP contribution >= 0.6 is 0 Å². The van der Waals surface area contributed by atoms with Crippen LogP contribution < -0.4 is 0 Å². The molecule has 1 saturated heterocycles. The molecule has 0 saturated carbocycles. The molecule has 7 nitrogen and oxygen atoms in total. The highest BCUT2D eigenvalue weighted by molar-refractivity contribution is 5.79. The molecule has 0 aromatic heterocycles. The largest absolute Gasteiger partial charge is 0.341 e. The maximum absolute atomic E-state index is 10.6. The molecule has 0 unspecified atom stereocenters. The van der Waals surface area contributed by atoms with Crippen molar-refractivity contribution in [1.82, 2.24) is 9.80 Å². The average Bonchev–Trinajstić information content (AvgIpc) is 2.38. The highest BCUT2D eigenvalue weighted by atomic mass is 16.7. The Morgan fingerprint density at radius 2 is 2.10 bits per heavy atom. The van der Waals surface area contributed by atoms with Gasteiger partial charge in [-0.3, -0.25) is 0 Å². The van der Waals surface area contributed by atoms with E-state index in [9.17, 15) is 10.1 Å². The molecule has 0 amide bonds. The zero-order chi connectivity index (χ0) is 15.8. The maximum Gasteiger partial charge on any atom is 0.277 e. The summed E-state index contributed by atoms with van der Waals surface area (Å²) in [5, 5.41) is 13.4. The second-order valence-electron chi connectivity index (χ2n) is 5.39. The van der Waals surface area contributed by atoms with Crippen LogP contribution in [0.5, 0.6) is 0 Å². The number of hydrogen-bond acceptors (Lipinski definition) is 3. The van der Waals surface area contributed by atoms with Crippen LogP contribution in [-0.4, -0.2) is 47.8 Å².